The van der Waals surface area contributed by atoms with Gasteiger partial charge in [0, 0.05) is 24.5 Å². The average molecular weight is 419 g/mol. The highest BCUT2D eigenvalue weighted by Crippen LogP contribution is 2.32. The summed E-state index contributed by atoms with van der Waals surface area (Å²) in [5, 5.41) is 17.3. The molecule has 1 amide bonds. The number of fused-ring (bicyclic) bond motifs is 1. The maximum atomic E-state index is 12.8. The Kier molecular flexibility index (Phi) is 6.98. The molecule has 0 saturated carbocycles. The SMILES string of the molecule is CCCCCNC(=O)c1cc(-c2cnn(C)c2C#N)c2cccc(C(=O)OCC)c2n1. The van der Waals surface area contributed by atoms with Gasteiger partial charge >= 0.3 is 5.97 Å². The summed E-state index contributed by atoms with van der Waals surface area (Å²) < 4.78 is 6.65. The Bertz CT molecular complexity index is 1160. The molecule has 0 aliphatic heterocycles. The molecule has 1 N–H and O–H groups in total. The van der Waals surface area contributed by atoms with E-state index in [0.29, 0.717) is 34.3 Å². The first-order valence-electron chi connectivity index (χ1n) is 10.3. The third kappa shape index (κ3) is 4.56. The molecule has 0 saturated heterocycles. The number of para-hydroxylation sites is 1. The minimum atomic E-state index is -0.515. The number of nitrogens with one attached hydrogen (secondary N) is 1. The fraction of sp³-hybridized carbons (Fsp3) is 0.348. The minimum Gasteiger partial charge on any atom is -0.462 e. The first kappa shape index (κ1) is 22.0. The summed E-state index contributed by atoms with van der Waals surface area (Å²) in [6, 6.07) is 8.94. The third-order valence-electron chi connectivity index (χ3n) is 4.97. The van der Waals surface area contributed by atoms with Crippen molar-refractivity contribution < 1.29 is 14.3 Å². The highest BCUT2D eigenvalue weighted by atomic mass is 16.5. The number of ether oxygens (including phenoxy) is 1. The molecule has 3 aromatic rings. The second-order valence-corrected chi connectivity index (χ2v) is 7.08. The standard InChI is InChI=1S/C23H25N5O3/c1-4-6-7-11-25-22(29)19-12-17(18-14-26-28(3)20(18)13-24)15-9-8-10-16(21(15)27-19)23(30)31-5-2/h8-10,12,14H,4-7,11H2,1-3H3,(H,25,29). The molecule has 0 fully saturated rings. The van der Waals surface area contributed by atoms with Crippen molar-refractivity contribution >= 4 is 22.8 Å². The van der Waals surface area contributed by atoms with Gasteiger partial charge < -0.3 is 10.1 Å². The quantitative estimate of drug-likeness (QED) is 0.441. The number of aryl methyl sites for hydroxylation is 1. The molecule has 3 rings (SSSR count). The summed E-state index contributed by atoms with van der Waals surface area (Å²) in [6.45, 7) is 4.58. The van der Waals surface area contributed by atoms with E-state index in [9.17, 15) is 14.9 Å². The highest BCUT2D eigenvalue weighted by Gasteiger charge is 2.21. The number of hydrogen-bond acceptors (Lipinski definition) is 6. The summed E-state index contributed by atoms with van der Waals surface area (Å²) in [7, 11) is 1.68. The zero-order valence-corrected chi connectivity index (χ0v) is 17.9. The number of unbranched alkanes of at least 4 members (excludes halogenated alkanes) is 2. The average Bonchev–Trinajstić information content (AvgIpc) is 3.15. The van der Waals surface area contributed by atoms with Gasteiger partial charge in [-0.3, -0.25) is 9.48 Å². The lowest BCUT2D eigenvalue weighted by molar-refractivity contribution is 0.0528. The van der Waals surface area contributed by atoms with Crippen molar-refractivity contribution in [2.75, 3.05) is 13.2 Å². The van der Waals surface area contributed by atoms with E-state index in [-0.39, 0.29) is 23.8 Å². The lowest BCUT2D eigenvalue weighted by Gasteiger charge is -2.12. The van der Waals surface area contributed by atoms with E-state index in [1.807, 2.05) is 0 Å². The van der Waals surface area contributed by atoms with Crippen molar-refractivity contribution in [1.29, 1.82) is 5.26 Å². The van der Waals surface area contributed by atoms with Gasteiger partial charge in [-0.05, 0) is 31.0 Å². The Morgan fingerprint density at radius 3 is 2.74 bits per heavy atom. The van der Waals surface area contributed by atoms with Gasteiger partial charge in [0.05, 0.1) is 23.9 Å². The van der Waals surface area contributed by atoms with Crippen molar-refractivity contribution in [1.82, 2.24) is 20.1 Å². The molecule has 1 aromatic carbocycles. The first-order chi connectivity index (χ1) is 15.0. The smallest absolute Gasteiger partial charge is 0.340 e. The van der Waals surface area contributed by atoms with Crippen molar-refractivity contribution in [3.05, 3.63) is 47.4 Å². The number of benzene rings is 1. The summed E-state index contributed by atoms with van der Waals surface area (Å²) in [5.41, 5.74) is 2.32. The molecule has 2 aromatic heterocycles. The van der Waals surface area contributed by atoms with Gasteiger partial charge in [0.25, 0.3) is 5.91 Å². The molecular formula is C23H25N5O3. The first-order valence-corrected chi connectivity index (χ1v) is 10.3. The van der Waals surface area contributed by atoms with E-state index in [2.05, 4.69) is 28.4 Å². The van der Waals surface area contributed by atoms with E-state index in [1.54, 1.807) is 44.4 Å². The summed E-state index contributed by atoms with van der Waals surface area (Å²) >= 11 is 0. The molecule has 0 atom stereocenters. The molecule has 8 nitrogen and oxygen atoms in total. The summed E-state index contributed by atoms with van der Waals surface area (Å²) in [4.78, 5) is 29.9. The maximum Gasteiger partial charge on any atom is 0.340 e. The molecule has 160 valence electrons. The van der Waals surface area contributed by atoms with Gasteiger partial charge in [0.2, 0.25) is 0 Å². The minimum absolute atomic E-state index is 0.170. The number of amides is 1. The van der Waals surface area contributed by atoms with E-state index < -0.39 is 5.97 Å². The van der Waals surface area contributed by atoms with Crippen LogP contribution in [0, 0.1) is 11.3 Å². The molecule has 0 aliphatic carbocycles. The van der Waals surface area contributed by atoms with Crippen LogP contribution in [0.3, 0.4) is 0 Å². The fourth-order valence-electron chi connectivity index (χ4n) is 3.40. The summed E-state index contributed by atoms with van der Waals surface area (Å²) in [6.07, 6.45) is 4.52. The van der Waals surface area contributed by atoms with Crippen LogP contribution in [0.4, 0.5) is 0 Å². The number of esters is 1. The predicted molar refractivity (Wildman–Crippen MR) is 116 cm³/mol. The van der Waals surface area contributed by atoms with Crippen LogP contribution in [0.25, 0.3) is 22.0 Å². The molecule has 0 bridgehead atoms. The van der Waals surface area contributed by atoms with Crippen LogP contribution in [0.15, 0.2) is 30.5 Å². The summed E-state index contributed by atoms with van der Waals surface area (Å²) in [5.74, 6) is -0.848. The van der Waals surface area contributed by atoms with Crippen LogP contribution in [-0.4, -0.2) is 39.8 Å². The number of rotatable bonds is 8. The third-order valence-corrected chi connectivity index (χ3v) is 4.97. The van der Waals surface area contributed by atoms with Crippen LogP contribution in [0.5, 0.6) is 0 Å². The topological polar surface area (TPSA) is 110 Å². The van der Waals surface area contributed by atoms with E-state index in [4.69, 9.17) is 4.74 Å². The Morgan fingerprint density at radius 1 is 1.23 bits per heavy atom. The Balaban J connectivity index is 2.19. The molecule has 0 aliphatic rings. The predicted octanol–water partition coefficient (Wildman–Crippen LogP) is 3.60. The van der Waals surface area contributed by atoms with Crippen molar-refractivity contribution in [2.24, 2.45) is 7.05 Å². The van der Waals surface area contributed by atoms with Gasteiger partial charge in [-0.15, -0.1) is 0 Å². The molecule has 0 radical (unpaired) electrons. The normalized spacial score (nSPS) is 10.6. The van der Waals surface area contributed by atoms with Crippen LogP contribution < -0.4 is 5.32 Å². The lowest BCUT2D eigenvalue weighted by Crippen LogP contribution is -2.25. The zero-order chi connectivity index (χ0) is 22.4. The highest BCUT2D eigenvalue weighted by molar-refractivity contribution is 6.09. The Hall–Kier alpha value is -3.73. The molecule has 0 unspecified atom stereocenters. The number of aromatic nitrogens is 3. The molecule has 8 heteroatoms. The number of pyridine rings is 1. The Morgan fingerprint density at radius 2 is 2.03 bits per heavy atom. The van der Waals surface area contributed by atoms with E-state index >= 15 is 0 Å². The van der Waals surface area contributed by atoms with Crippen LogP contribution in [-0.2, 0) is 11.8 Å². The monoisotopic (exact) mass is 419 g/mol. The fourth-order valence-corrected chi connectivity index (χ4v) is 3.40. The van der Waals surface area contributed by atoms with Crippen LogP contribution in [0.2, 0.25) is 0 Å². The van der Waals surface area contributed by atoms with Crippen molar-refractivity contribution in [3.63, 3.8) is 0 Å². The Labute approximate surface area is 180 Å². The molecule has 31 heavy (non-hydrogen) atoms. The second kappa shape index (κ2) is 9.85. The lowest BCUT2D eigenvalue weighted by atomic mass is 9.98. The van der Waals surface area contributed by atoms with Crippen LogP contribution >= 0.6 is 0 Å². The van der Waals surface area contributed by atoms with Gasteiger partial charge in [-0.1, -0.05) is 31.9 Å². The van der Waals surface area contributed by atoms with Gasteiger partial charge in [-0.2, -0.15) is 10.4 Å². The number of hydrogen-bond donors (Lipinski definition) is 1. The largest absolute Gasteiger partial charge is 0.462 e. The van der Waals surface area contributed by atoms with E-state index in [0.717, 1.165) is 19.3 Å². The van der Waals surface area contributed by atoms with Crippen LogP contribution in [0.1, 0.15) is 59.7 Å². The number of carbonyl (C=O) groups is 2. The zero-order valence-electron chi connectivity index (χ0n) is 17.9. The van der Waals surface area contributed by atoms with E-state index in [1.165, 1.54) is 4.68 Å². The van der Waals surface area contributed by atoms with Gasteiger partial charge in [0.15, 0.2) is 0 Å². The van der Waals surface area contributed by atoms with Gasteiger partial charge in [-0.25, -0.2) is 9.78 Å². The molecular weight excluding hydrogens is 394 g/mol. The number of nitrogens with zero attached hydrogens (tertiary/aromatic N) is 4. The molecule has 2 heterocycles. The van der Waals surface area contributed by atoms with Crippen molar-refractivity contribution in [3.8, 4) is 17.2 Å². The second-order valence-electron chi connectivity index (χ2n) is 7.08. The van der Waals surface area contributed by atoms with Gasteiger partial charge in [0.1, 0.15) is 17.5 Å². The maximum absolute atomic E-state index is 12.8. The molecule has 0 spiro atoms. The van der Waals surface area contributed by atoms with Crippen molar-refractivity contribution in [2.45, 2.75) is 33.1 Å². The number of nitriles is 1. The number of carbonyl (C=O) groups excluding carboxylic acids is 2.